The molecular weight excluding hydrogens is 368 g/mol. The minimum absolute atomic E-state index is 0.333. The number of hydrogen-bond acceptors (Lipinski definition) is 5. The van der Waals surface area contributed by atoms with Crippen molar-refractivity contribution in [2.45, 2.75) is 13.8 Å². The van der Waals surface area contributed by atoms with Crippen LogP contribution < -0.4 is 15.4 Å². The lowest BCUT2D eigenvalue weighted by Gasteiger charge is -2.09. The Labute approximate surface area is 167 Å². The van der Waals surface area contributed by atoms with Crippen molar-refractivity contribution in [1.29, 1.82) is 0 Å². The lowest BCUT2D eigenvalue weighted by atomic mass is 10.1. The zero-order chi connectivity index (χ0) is 20.4. The zero-order valence-electron chi connectivity index (χ0n) is 16.3. The quantitative estimate of drug-likeness (QED) is 0.550. The van der Waals surface area contributed by atoms with Crippen molar-refractivity contribution in [3.8, 4) is 17.0 Å². The molecule has 0 atom stereocenters. The number of urea groups is 1. The Morgan fingerprint density at radius 3 is 2.52 bits per heavy atom. The molecule has 0 saturated heterocycles. The lowest BCUT2D eigenvalue weighted by molar-refractivity contribution is 0.262. The third-order valence-corrected chi connectivity index (χ3v) is 4.63. The number of imidazole rings is 1. The molecule has 0 radical (unpaired) electrons. The zero-order valence-corrected chi connectivity index (χ0v) is 16.3. The maximum Gasteiger partial charge on any atom is 0.323 e. The average Bonchev–Trinajstić information content (AvgIpc) is 3.16. The summed E-state index contributed by atoms with van der Waals surface area (Å²) in [6, 6.07) is 14.3. The van der Waals surface area contributed by atoms with E-state index < -0.39 is 0 Å². The number of fused-ring (bicyclic) bond motifs is 1. The van der Waals surface area contributed by atoms with Crippen molar-refractivity contribution in [3.05, 3.63) is 66.1 Å². The summed E-state index contributed by atoms with van der Waals surface area (Å²) in [7, 11) is 1.58. The van der Waals surface area contributed by atoms with E-state index in [0.717, 1.165) is 22.6 Å². The Bertz CT molecular complexity index is 1180. The molecule has 4 aromatic rings. The molecule has 0 bridgehead atoms. The first kappa shape index (κ1) is 18.4. The minimum atomic E-state index is -0.333. The van der Waals surface area contributed by atoms with Crippen LogP contribution in [-0.4, -0.2) is 32.7 Å². The first-order valence-electron chi connectivity index (χ1n) is 9.05. The third-order valence-electron chi connectivity index (χ3n) is 4.63. The maximum atomic E-state index is 12.2. The van der Waals surface area contributed by atoms with Gasteiger partial charge in [0, 0.05) is 34.9 Å². The molecule has 8 nitrogen and oxygen atoms in total. The van der Waals surface area contributed by atoms with E-state index in [1.54, 1.807) is 19.2 Å². The van der Waals surface area contributed by atoms with Gasteiger partial charge in [0.25, 0.3) is 5.78 Å². The van der Waals surface area contributed by atoms with Gasteiger partial charge in [0.15, 0.2) is 0 Å². The lowest BCUT2D eigenvalue weighted by Crippen LogP contribution is -2.19. The topological polar surface area (TPSA) is 93.4 Å². The van der Waals surface area contributed by atoms with Gasteiger partial charge in [-0.15, -0.1) is 5.10 Å². The number of rotatable bonds is 4. The average molecular weight is 388 g/mol. The SMILES string of the molecule is COc1cccc(NC(=O)Nc2ccc(-c3cn4c(C)c(C)nnc4n3)cc2)c1. The summed E-state index contributed by atoms with van der Waals surface area (Å²) in [6.07, 6.45) is 1.93. The second-order valence-electron chi connectivity index (χ2n) is 6.56. The summed E-state index contributed by atoms with van der Waals surface area (Å²) in [5.74, 6) is 1.23. The molecule has 0 aliphatic heterocycles. The molecule has 2 amide bonds. The van der Waals surface area contributed by atoms with Crippen molar-refractivity contribution >= 4 is 23.2 Å². The van der Waals surface area contributed by atoms with Gasteiger partial charge in [0.2, 0.25) is 0 Å². The molecule has 146 valence electrons. The summed E-state index contributed by atoms with van der Waals surface area (Å²) in [6.45, 7) is 3.90. The van der Waals surface area contributed by atoms with Gasteiger partial charge < -0.3 is 15.4 Å². The van der Waals surface area contributed by atoms with E-state index in [-0.39, 0.29) is 6.03 Å². The molecule has 2 aromatic carbocycles. The van der Waals surface area contributed by atoms with Crippen molar-refractivity contribution in [3.63, 3.8) is 0 Å². The fraction of sp³-hybridized carbons (Fsp3) is 0.143. The van der Waals surface area contributed by atoms with Crippen LogP contribution in [0.4, 0.5) is 16.2 Å². The van der Waals surface area contributed by atoms with Crippen LogP contribution in [0.15, 0.2) is 54.7 Å². The number of carbonyl (C=O) groups is 1. The summed E-state index contributed by atoms with van der Waals surface area (Å²) >= 11 is 0. The summed E-state index contributed by atoms with van der Waals surface area (Å²) in [4.78, 5) is 16.8. The van der Waals surface area contributed by atoms with Gasteiger partial charge in [-0.3, -0.25) is 4.40 Å². The number of aryl methyl sites for hydroxylation is 2. The molecule has 0 unspecified atom stereocenters. The number of anilines is 2. The largest absolute Gasteiger partial charge is 0.497 e. The van der Waals surface area contributed by atoms with E-state index in [1.165, 1.54) is 0 Å². The molecule has 0 saturated carbocycles. The summed E-state index contributed by atoms with van der Waals surface area (Å²) in [5, 5.41) is 13.8. The van der Waals surface area contributed by atoms with Gasteiger partial charge in [-0.2, -0.15) is 5.10 Å². The fourth-order valence-corrected chi connectivity index (χ4v) is 2.91. The highest BCUT2D eigenvalue weighted by Crippen LogP contribution is 2.22. The van der Waals surface area contributed by atoms with Gasteiger partial charge in [-0.05, 0) is 38.1 Å². The van der Waals surface area contributed by atoms with Crippen molar-refractivity contribution in [2.75, 3.05) is 17.7 Å². The van der Waals surface area contributed by atoms with Crippen LogP contribution in [0.5, 0.6) is 5.75 Å². The van der Waals surface area contributed by atoms with Crippen LogP contribution in [0, 0.1) is 13.8 Å². The van der Waals surface area contributed by atoms with Crippen LogP contribution in [-0.2, 0) is 0 Å². The second-order valence-corrected chi connectivity index (χ2v) is 6.56. The number of ether oxygens (including phenoxy) is 1. The highest BCUT2D eigenvalue weighted by molar-refractivity contribution is 5.99. The fourth-order valence-electron chi connectivity index (χ4n) is 2.91. The van der Waals surface area contributed by atoms with E-state index in [0.29, 0.717) is 22.9 Å². The van der Waals surface area contributed by atoms with Gasteiger partial charge in [0.1, 0.15) is 5.75 Å². The Morgan fingerprint density at radius 2 is 1.76 bits per heavy atom. The summed E-state index contributed by atoms with van der Waals surface area (Å²) < 4.78 is 7.08. The smallest absolute Gasteiger partial charge is 0.323 e. The highest BCUT2D eigenvalue weighted by atomic mass is 16.5. The van der Waals surface area contributed by atoms with Gasteiger partial charge in [-0.1, -0.05) is 18.2 Å². The Kier molecular flexibility index (Phi) is 4.82. The van der Waals surface area contributed by atoms with Gasteiger partial charge in [-0.25, -0.2) is 9.78 Å². The molecule has 0 spiro atoms. The van der Waals surface area contributed by atoms with Crippen LogP contribution in [0.1, 0.15) is 11.4 Å². The molecule has 0 aliphatic carbocycles. The molecule has 2 heterocycles. The molecule has 8 heteroatoms. The van der Waals surface area contributed by atoms with Crippen LogP contribution in [0.25, 0.3) is 17.0 Å². The van der Waals surface area contributed by atoms with Gasteiger partial charge in [0.05, 0.1) is 18.5 Å². The van der Waals surface area contributed by atoms with E-state index in [4.69, 9.17) is 4.74 Å². The third kappa shape index (κ3) is 3.86. The number of hydrogen-bond donors (Lipinski definition) is 2. The standard InChI is InChI=1S/C21H20N6O2/c1-13-14(2)27-12-19(24-20(27)26-25-13)15-7-9-16(10-8-15)22-21(28)23-17-5-4-6-18(11-17)29-3/h4-12H,1-3H3,(H2,22,23,28). The van der Waals surface area contributed by atoms with Crippen molar-refractivity contribution in [1.82, 2.24) is 19.6 Å². The van der Waals surface area contributed by atoms with Gasteiger partial charge >= 0.3 is 6.03 Å². The van der Waals surface area contributed by atoms with Crippen LogP contribution in [0.3, 0.4) is 0 Å². The molecule has 29 heavy (non-hydrogen) atoms. The summed E-state index contributed by atoms with van der Waals surface area (Å²) in [5.41, 5.74) is 4.90. The Balaban J connectivity index is 1.48. The number of nitrogens with one attached hydrogen (secondary N) is 2. The number of methoxy groups -OCH3 is 1. The second kappa shape index (κ2) is 7.59. The number of carbonyl (C=O) groups excluding carboxylic acids is 1. The number of amides is 2. The normalized spacial score (nSPS) is 10.7. The molecule has 4 rings (SSSR count). The molecule has 0 fully saturated rings. The number of nitrogens with zero attached hydrogens (tertiary/aromatic N) is 4. The monoisotopic (exact) mass is 388 g/mol. The molecular formula is C21H20N6O2. The molecule has 0 aliphatic rings. The minimum Gasteiger partial charge on any atom is -0.497 e. The first-order chi connectivity index (χ1) is 14.0. The number of benzene rings is 2. The number of aromatic nitrogens is 4. The predicted octanol–water partition coefficient (Wildman–Crippen LogP) is 4.06. The predicted molar refractivity (Wildman–Crippen MR) is 111 cm³/mol. The van der Waals surface area contributed by atoms with E-state index in [9.17, 15) is 4.79 Å². The molecule has 2 aromatic heterocycles. The maximum absolute atomic E-state index is 12.2. The van der Waals surface area contributed by atoms with Crippen LogP contribution >= 0.6 is 0 Å². The van der Waals surface area contributed by atoms with E-state index in [1.807, 2.05) is 60.8 Å². The highest BCUT2D eigenvalue weighted by Gasteiger charge is 2.10. The van der Waals surface area contributed by atoms with Crippen molar-refractivity contribution < 1.29 is 9.53 Å². The van der Waals surface area contributed by atoms with E-state index in [2.05, 4.69) is 25.8 Å². The van der Waals surface area contributed by atoms with Crippen LogP contribution in [0.2, 0.25) is 0 Å². The Morgan fingerprint density at radius 1 is 1.00 bits per heavy atom. The first-order valence-corrected chi connectivity index (χ1v) is 9.05. The van der Waals surface area contributed by atoms with Crippen molar-refractivity contribution in [2.24, 2.45) is 0 Å². The van der Waals surface area contributed by atoms with E-state index >= 15 is 0 Å². The molecule has 2 N–H and O–H groups in total. The Hall–Kier alpha value is -3.94.